The van der Waals surface area contributed by atoms with Crippen molar-refractivity contribution in [2.45, 2.75) is 50.8 Å². The molecule has 0 bridgehead atoms. The fourth-order valence-electron chi connectivity index (χ4n) is 2.17. The molecule has 0 spiro atoms. The number of nitrogens with zero attached hydrogens (tertiary/aromatic N) is 1. The molecule has 0 heterocycles. The van der Waals surface area contributed by atoms with Crippen LogP contribution in [0.25, 0.3) is 0 Å². The van der Waals surface area contributed by atoms with Crippen molar-refractivity contribution in [2.75, 3.05) is 19.5 Å². The second-order valence-electron chi connectivity index (χ2n) is 4.35. The Kier molecular flexibility index (Phi) is 5.42. The topological polar surface area (TPSA) is 12.5 Å². The lowest BCUT2D eigenvalue weighted by atomic mass is 9.91. The summed E-state index contributed by atoms with van der Waals surface area (Å²) in [5.74, 6) is 0. The average Bonchev–Trinajstić information content (AvgIpc) is 2.27. The highest BCUT2D eigenvalue weighted by molar-refractivity contribution is 9.09. The number of ether oxygens (including phenoxy) is 1. The second kappa shape index (κ2) is 6.09. The Hall–Kier alpha value is 0.400. The van der Waals surface area contributed by atoms with Crippen molar-refractivity contribution in [2.24, 2.45) is 0 Å². The van der Waals surface area contributed by atoms with E-state index < -0.39 is 0 Å². The molecule has 0 N–H and O–H groups in total. The highest BCUT2D eigenvalue weighted by Crippen LogP contribution is 2.25. The zero-order chi connectivity index (χ0) is 10.6. The third kappa shape index (κ3) is 3.21. The van der Waals surface area contributed by atoms with Crippen LogP contribution in [0.4, 0.5) is 0 Å². The van der Waals surface area contributed by atoms with Gasteiger partial charge in [0.2, 0.25) is 0 Å². The first-order valence-corrected chi connectivity index (χ1v) is 6.61. The lowest BCUT2D eigenvalue weighted by Crippen LogP contribution is -2.43. The van der Waals surface area contributed by atoms with Crippen molar-refractivity contribution in [3.63, 3.8) is 0 Å². The molecular formula is C11H22BrNO. The van der Waals surface area contributed by atoms with Gasteiger partial charge in [0.25, 0.3) is 0 Å². The van der Waals surface area contributed by atoms with Gasteiger partial charge in [-0.1, -0.05) is 15.9 Å². The van der Waals surface area contributed by atoms with E-state index in [0.717, 1.165) is 5.33 Å². The van der Waals surface area contributed by atoms with Crippen LogP contribution in [0.5, 0.6) is 0 Å². The number of hydrogen-bond acceptors (Lipinski definition) is 2. The molecule has 0 aromatic heterocycles. The standard InChI is InChI=1S/C11H22BrNO/c1-9(8-12)13(2)10-5-4-6-11(7-10)14-3/h9-11H,4-8H2,1-3H3. The smallest absolute Gasteiger partial charge is 0.0586 e. The fraction of sp³-hybridized carbons (Fsp3) is 1.00. The summed E-state index contributed by atoms with van der Waals surface area (Å²) in [7, 11) is 4.07. The minimum Gasteiger partial charge on any atom is -0.381 e. The van der Waals surface area contributed by atoms with Gasteiger partial charge in [-0.15, -0.1) is 0 Å². The van der Waals surface area contributed by atoms with Crippen LogP contribution in [0.2, 0.25) is 0 Å². The van der Waals surface area contributed by atoms with E-state index in [4.69, 9.17) is 4.74 Å². The summed E-state index contributed by atoms with van der Waals surface area (Å²) in [6, 6.07) is 1.33. The van der Waals surface area contributed by atoms with Gasteiger partial charge in [0.1, 0.15) is 0 Å². The van der Waals surface area contributed by atoms with E-state index in [1.807, 2.05) is 7.11 Å². The van der Waals surface area contributed by atoms with Gasteiger partial charge in [-0.3, -0.25) is 4.90 Å². The monoisotopic (exact) mass is 263 g/mol. The summed E-state index contributed by atoms with van der Waals surface area (Å²) >= 11 is 3.54. The molecule has 84 valence electrons. The van der Waals surface area contributed by atoms with Crippen LogP contribution in [0, 0.1) is 0 Å². The second-order valence-corrected chi connectivity index (χ2v) is 4.99. The molecular weight excluding hydrogens is 242 g/mol. The summed E-state index contributed by atoms with van der Waals surface area (Å²) < 4.78 is 5.45. The molecule has 0 amide bonds. The van der Waals surface area contributed by atoms with Crippen LogP contribution in [0.1, 0.15) is 32.6 Å². The normalized spacial score (nSPS) is 30.6. The molecule has 3 unspecified atom stereocenters. The van der Waals surface area contributed by atoms with Crippen LogP contribution in [0.3, 0.4) is 0 Å². The van der Waals surface area contributed by atoms with Crippen molar-refractivity contribution in [3.8, 4) is 0 Å². The summed E-state index contributed by atoms with van der Waals surface area (Å²) in [5, 5.41) is 1.05. The summed E-state index contributed by atoms with van der Waals surface area (Å²) in [4.78, 5) is 2.49. The molecule has 3 heteroatoms. The first kappa shape index (κ1) is 12.5. The zero-order valence-corrected chi connectivity index (χ0v) is 11.1. The SMILES string of the molecule is COC1CCCC(N(C)C(C)CBr)C1. The third-order valence-corrected chi connectivity index (χ3v) is 4.36. The van der Waals surface area contributed by atoms with Crippen molar-refractivity contribution in [1.29, 1.82) is 0 Å². The fourth-order valence-corrected chi connectivity index (χ4v) is 2.63. The van der Waals surface area contributed by atoms with Crippen LogP contribution in [0.15, 0.2) is 0 Å². The Morgan fingerprint density at radius 2 is 2.21 bits per heavy atom. The van der Waals surface area contributed by atoms with E-state index in [9.17, 15) is 0 Å². The molecule has 0 radical (unpaired) electrons. The van der Waals surface area contributed by atoms with Crippen molar-refractivity contribution in [1.82, 2.24) is 4.90 Å². The van der Waals surface area contributed by atoms with Gasteiger partial charge in [-0.05, 0) is 39.7 Å². The number of hydrogen-bond donors (Lipinski definition) is 0. The van der Waals surface area contributed by atoms with Gasteiger partial charge in [-0.25, -0.2) is 0 Å². The lowest BCUT2D eigenvalue weighted by Gasteiger charge is -2.37. The quantitative estimate of drug-likeness (QED) is 0.724. The summed E-state index contributed by atoms with van der Waals surface area (Å²) in [6.45, 7) is 2.27. The number of halogens is 1. The third-order valence-electron chi connectivity index (χ3n) is 3.43. The van der Waals surface area contributed by atoms with Gasteiger partial charge in [0.15, 0.2) is 0 Å². The zero-order valence-electron chi connectivity index (χ0n) is 9.50. The molecule has 2 nitrogen and oxygen atoms in total. The van der Waals surface area contributed by atoms with E-state index in [2.05, 4.69) is 34.8 Å². The first-order chi connectivity index (χ1) is 6.69. The molecule has 1 rings (SSSR count). The van der Waals surface area contributed by atoms with Gasteiger partial charge in [0.05, 0.1) is 6.10 Å². The van der Waals surface area contributed by atoms with E-state index in [-0.39, 0.29) is 0 Å². The van der Waals surface area contributed by atoms with E-state index in [0.29, 0.717) is 18.2 Å². The van der Waals surface area contributed by atoms with Crippen molar-refractivity contribution < 1.29 is 4.74 Å². The van der Waals surface area contributed by atoms with Gasteiger partial charge in [0, 0.05) is 24.5 Å². The Balaban J connectivity index is 2.42. The van der Waals surface area contributed by atoms with Crippen molar-refractivity contribution >= 4 is 15.9 Å². The molecule has 1 aliphatic rings. The number of methoxy groups -OCH3 is 1. The first-order valence-electron chi connectivity index (χ1n) is 5.49. The van der Waals surface area contributed by atoms with E-state index >= 15 is 0 Å². The Morgan fingerprint density at radius 1 is 1.50 bits per heavy atom. The van der Waals surface area contributed by atoms with Crippen LogP contribution >= 0.6 is 15.9 Å². The van der Waals surface area contributed by atoms with Gasteiger partial charge < -0.3 is 4.74 Å². The number of rotatable bonds is 4. The maximum atomic E-state index is 5.45. The molecule has 0 saturated heterocycles. The van der Waals surface area contributed by atoms with E-state index in [1.165, 1.54) is 25.7 Å². The Morgan fingerprint density at radius 3 is 2.79 bits per heavy atom. The maximum Gasteiger partial charge on any atom is 0.0586 e. The molecule has 1 fully saturated rings. The van der Waals surface area contributed by atoms with Gasteiger partial charge in [-0.2, -0.15) is 0 Å². The highest BCUT2D eigenvalue weighted by atomic mass is 79.9. The lowest BCUT2D eigenvalue weighted by molar-refractivity contribution is 0.0281. The van der Waals surface area contributed by atoms with Gasteiger partial charge >= 0.3 is 0 Å². The van der Waals surface area contributed by atoms with Crippen molar-refractivity contribution in [3.05, 3.63) is 0 Å². The van der Waals surface area contributed by atoms with Crippen LogP contribution < -0.4 is 0 Å². The summed E-state index contributed by atoms with van der Waals surface area (Å²) in [5.41, 5.74) is 0. The largest absolute Gasteiger partial charge is 0.381 e. The van der Waals surface area contributed by atoms with Crippen LogP contribution in [-0.2, 0) is 4.74 Å². The molecule has 14 heavy (non-hydrogen) atoms. The molecule has 3 atom stereocenters. The molecule has 0 aromatic rings. The minimum absolute atomic E-state index is 0.485. The minimum atomic E-state index is 0.485. The maximum absolute atomic E-state index is 5.45. The Labute approximate surface area is 96.1 Å². The molecule has 0 aromatic carbocycles. The predicted octanol–water partition coefficient (Wildman–Crippen LogP) is 2.66. The summed E-state index contributed by atoms with van der Waals surface area (Å²) in [6.07, 6.45) is 5.56. The predicted molar refractivity (Wildman–Crippen MR) is 64.1 cm³/mol. The molecule has 0 aliphatic heterocycles. The average molecular weight is 264 g/mol. The van der Waals surface area contributed by atoms with Crippen LogP contribution in [-0.4, -0.2) is 42.6 Å². The van der Waals surface area contributed by atoms with E-state index in [1.54, 1.807) is 0 Å². The molecule has 1 saturated carbocycles. The Bertz CT molecular complexity index is 163. The highest BCUT2D eigenvalue weighted by Gasteiger charge is 2.26. The molecule has 1 aliphatic carbocycles. The number of alkyl halides is 1.